The summed E-state index contributed by atoms with van der Waals surface area (Å²) in [5.74, 6) is -0.796. The van der Waals surface area contributed by atoms with Gasteiger partial charge in [0.2, 0.25) is 5.91 Å². The van der Waals surface area contributed by atoms with Gasteiger partial charge in [0.05, 0.1) is 7.11 Å². The molecule has 2 aromatic rings. The molecular weight excluding hydrogens is 482 g/mol. The Balaban J connectivity index is 2.43. The molecule has 0 aliphatic carbocycles. The second-order valence-corrected chi connectivity index (χ2v) is 9.20. The van der Waals surface area contributed by atoms with Gasteiger partial charge in [-0.25, -0.2) is 4.79 Å². The van der Waals surface area contributed by atoms with Crippen molar-refractivity contribution in [3.8, 4) is 11.5 Å². The van der Waals surface area contributed by atoms with E-state index in [1.807, 2.05) is 0 Å². The average molecular weight is 516 g/mol. The molecule has 194 valence electrons. The molecule has 0 aromatic heterocycles. The van der Waals surface area contributed by atoms with E-state index in [1.54, 1.807) is 63.2 Å². The van der Waals surface area contributed by atoms with Crippen LogP contribution in [0.1, 0.15) is 32.4 Å². The van der Waals surface area contributed by atoms with E-state index in [9.17, 15) is 19.5 Å². The van der Waals surface area contributed by atoms with Crippen LogP contribution in [0.15, 0.2) is 61.2 Å². The lowest BCUT2D eigenvalue weighted by Gasteiger charge is -2.33. The van der Waals surface area contributed by atoms with Gasteiger partial charge in [0.1, 0.15) is 29.2 Å². The standard InChI is InChI=1S/C26H33N3O6S/c1-6-15-29(24(32)20(16-36)28-25(33)35-26(2,3)4)22(19-9-7-8-10-21(19)30)23(31)27-17-11-13-18(34-5)14-12-17/h6-14,20,22,30,36H,1,15-16H2,2-5H3,(H,27,31)(H,28,33). The van der Waals surface area contributed by atoms with E-state index in [1.165, 1.54) is 24.2 Å². The number of hydrogen-bond acceptors (Lipinski definition) is 7. The van der Waals surface area contributed by atoms with Crippen molar-refractivity contribution in [3.63, 3.8) is 0 Å². The van der Waals surface area contributed by atoms with Crippen molar-refractivity contribution in [2.45, 2.75) is 38.5 Å². The fraction of sp³-hybridized carbons (Fsp3) is 0.346. The van der Waals surface area contributed by atoms with E-state index >= 15 is 0 Å². The Bertz CT molecular complexity index is 1070. The van der Waals surface area contributed by atoms with Gasteiger partial charge in [-0.2, -0.15) is 12.6 Å². The number of hydrogen-bond donors (Lipinski definition) is 4. The van der Waals surface area contributed by atoms with Crippen LogP contribution in [-0.4, -0.2) is 59.0 Å². The molecule has 0 fully saturated rings. The Morgan fingerprint density at radius 2 is 1.78 bits per heavy atom. The number of amides is 3. The minimum Gasteiger partial charge on any atom is -0.508 e. The van der Waals surface area contributed by atoms with Crippen molar-refractivity contribution >= 4 is 36.2 Å². The smallest absolute Gasteiger partial charge is 0.408 e. The Labute approximate surface area is 216 Å². The molecule has 0 saturated carbocycles. The summed E-state index contributed by atoms with van der Waals surface area (Å²) >= 11 is 4.23. The second kappa shape index (κ2) is 12.9. The topological polar surface area (TPSA) is 117 Å². The number of thiol groups is 1. The maximum Gasteiger partial charge on any atom is 0.408 e. The van der Waals surface area contributed by atoms with Gasteiger partial charge in [-0.3, -0.25) is 9.59 Å². The summed E-state index contributed by atoms with van der Waals surface area (Å²) in [6.07, 6.45) is 0.657. The molecule has 0 spiro atoms. The van der Waals surface area contributed by atoms with E-state index in [-0.39, 0.29) is 23.6 Å². The highest BCUT2D eigenvalue weighted by atomic mass is 32.1. The van der Waals surface area contributed by atoms with Crippen LogP contribution in [-0.2, 0) is 14.3 Å². The van der Waals surface area contributed by atoms with Crippen LogP contribution < -0.4 is 15.4 Å². The van der Waals surface area contributed by atoms with Crippen LogP contribution in [0.2, 0.25) is 0 Å². The number of aromatic hydroxyl groups is 1. The van der Waals surface area contributed by atoms with Crippen LogP contribution in [0.5, 0.6) is 11.5 Å². The molecule has 0 saturated heterocycles. The minimum atomic E-state index is -1.25. The number of anilines is 1. The van der Waals surface area contributed by atoms with Crippen LogP contribution in [0.4, 0.5) is 10.5 Å². The largest absolute Gasteiger partial charge is 0.508 e. The SMILES string of the molecule is C=CCN(C(=O)C(CS)NC(=O)OC(C)(C)C)C(C(=O)Nc1ccc(OC)cc1)c1ccccc1O. The van der Waals surface area contributed by atoms with Gasteiger partial charge in [-0.05, 0) is 51.1 Å². The summed E-state index contributed by atoms with van der Waals surface area (Å²) in [6.45, 7) is 8.76. The summed E-state index contributed by atoms with van der Waals surface area (Å²) in [7, 11) is 1.53. The van der Waals surface area contributed by atoms with Gasteiger partial charge in [0.15, 0.2) is 0 Å². The molecule has 9 nitrogen and oxygen atoms in total. The lowest BCUT2D eigenvalue weighted by molar-refractivity contribution is -0.139. The van der Waals surface area contributed by atoms with Gasteiger partial charge in [-0.15, -0.1) is 6.58 Å². The number of carbonyl (C=O) groups is 3. The first-order valence-corrected chi connectivity index (χ1v) is 11.9. The van der Waals surface area contributed by atoms with Gasteiger partial charge in [0.25, 0.3) is 5.91 Å². The fourth-order valence-electron chi connectivity index (χ4n) is 3.35. The van der Waals surface area contributed by atoms with E-state index in [0.717, 1.165) is 0 Å². The van der Waals surface area contributed by atoms with Crippen molar-refractivity contribution < 1.29 is 29.0 Å². The Hall–Kier alpha value is -3.66. The van der Waals surface area contributed by atoms with Gasteiger partial charge in [0, 0.05) is 23.5 Å². The minimum absolute atomic E-state index is 0.0475. The molecule has 0 aliphatic heterocycles. The molecule has 0 aliphatic rings. The van der Waals surface area contributed by atoms with E-state index in [2.05, 4.69) is 29.8 Å². The van der Waals surface area contributed by atoms with Crippen LogP contribution in [0.3, 0.4) is 0 Å². The van der Waals surface area contributed by atoms with Crippen molar-refractivity contribution in [3.05, 3.63) is 66.7 Å². The predicted molar refractivity (Wildman–Crippen MR) is 141 cm³/mol. The zero-order valence-corrected chi connectivity index (χ0v) is 21.7. The lowest BCUT2D eigenvalue weighted by Crippen LogP contribution is -2.53. The Kier molecular flexibility index (Phi) is 10.2. The molecule has 10 heteroatoms. The third-order valence-electron chi connectivity index (χ3n) is 4.93. The van der Waals surface area contributed by atoms with Crippen molar-refractivity contribution in [2.75, 3.05) is 24.7 Å². The summed E-state index contributed by atoms with van der Waals surface area (Å²) < 4.78 is 10.4. The quantitative estimate of drug-likeness (QED) is 0.282. The number of benzene rings is 2. The highest BCUT2D eigenvalue weighted by Crippen LogP contribution is 2.31. The molecule has 0 heterocycles. The van der Waals surface area contributed by atoms with Crippen molar-refractivity contribution in [2.24, 2.45) is 0 Å². The van der Waals surface area contributed by atoms with Gasteiger partial charge >= 0.3 is 6.09 Å². The molecule has 0 radical (unpaired) electrons. The second-order valence-electron chi connectivity index (χ2n) is 8.84. The van der Waals surface area contributed by atoms with E-state index in [4.69, 9.17) is 9.47 Å². The summed E-state index contributed by atoms with van der Waals surface area (Å²) in [5, 5.41) is 15.9. The first-order chi connectivity index (χ1) is 17.0. The first-order valence-electron chi connectivity index (χ1n) is 11.2. The number of carbonyl (C=O) groups excluding carboxylic acids is 3. The Morgan fingerprint density at radius 1 is 1.14 bits per heavy atom. The zero-order valence-electron chi connectivity index (χ0n) is 20.9. The zero-order chi connectivity index (χ0) is 26.9. The average Bonchev–Trinajstić information content (AvgIpc) is 2.82. The third-order valence-corrected chi connectivity index (χ3v) is 5.29. The van der Waals surface area contributed by atoms with Crippen molar-refractivity contribution in [1.29, 1.82) is 0 Å². The number of para-hydroxylation sites is 1. The number of ether oxygens (including phenoxy) is 2. The maximum absolute atomic E-state index is 13.6. The molecular formula is C26H33N3O6S. The number of methoxy groups -OCH3 is 1. The predicted octanol–water partition coefficient (Wildman–Crippen LogP) is 3.92. The molecule has 36 heavy (non-hydrogen) atoms. The third kappa shape index (κ3) is 7.94. The number of rotatable bonds is 10. The summed E-state index contributed by atoms with van der Waals surface area (Å²) in [5.41, 5.74) is -0.107. The normalized spacial score (nSPS) is 12.6. The van der Waals surface area contributed by atoms with E-state index < -0.39 is 35.6 Å². The maximum atomic E-state index is 13.6. The molecule has 3 N–H and O–H groups in total. The fourth-order valence-corrected chi connectivity index (χ4v) is 3.60. The summed E-state index contributed by atoms with van der Waals surface area (Å²) in [4.78, 5) is 40.7. The summed E-state index contributed by atoms with van der Waals surface area (Å²) in [6, 6.07) is 10.5. The molecule has 2 atom stereocenters. The number of nitrogens with zero attached hydrogens (tertiary/aromatic N) is 1. The lowest BCUT2D eigenvalue weighted by atomic mass is 10.0. The van der Waals surface area contributed by atoms with Crippen molar-refractivity contribution in [1.82, 2.24) is 10.2 Å². The molecule has 2 unspecified atom stereocenters. The van der Waals surface area contributed by atoms with Crippen LogP contribution in [0, 0.1) is 0 Å². The van der Waals surface area contributed by atoms with Crippen LogP contribution >= 0.6 is 12.6 Å². The monoisotopic (exact) mass is 515 g/mol. The number of alkyl carbamates (subject to hydrolysis) is 1. The first kappa shape index (κ1) is 28.6. The van der Waals surface area contributed by atoms with Gasteiger partial charge < -0.3 is 30.1 Å². The molecule has 2 rings (SSSR count). The van der Waals surface area contributed by atoms with Crippen LogP contribution in [0.25, 0.3) is 0 Å². The Morgan fingerprint density at radius 3 is 2.31 bits per heavy atom. The highest BCUT2D eigenvalue weighted by Gasteiger charge is 2.36. The molecule has 3 amide bonds. The number of phenols is 1. The number of nitrogens with one attached hydrogen (secondary N) is 2. The molecule has 0 bridgehead atoms. The molecule has 2 aromatic carbocycles. The highest BCUT2D eigenvalue weighted by molar-refractivity contribution is 7.80. The van der Waals surface area contributed by atoms with E-state index in [0.29, 0.717) is 11.4 Å². The van der Waals surface area contributed by atoms with Gasteiger partial charge in [-0.1, -0.05) is 24.3 Å². The number of phenolic OH excluding ortho intramolecular Hbond substituents is 1.